The van der Waals surface area contributed by atoms with E-state index in [-0.39, 0.29) is 0 Å². The van der Waals surface area contributed by atoms with E-state index in [1.165, 1.54) is 0 Å². The molecule has 3 aromatic rings. The lowest BCUT2D eigenvalue weighted by atomic mass is 10.0. The number of aryl methyl sites for hydroxylation is 1. The van der Waals surface area contributed by atoms with Gasteiger partial charge in [0.1, 0.15) is 5.82 Å². The largest absolute Gasteiger partial charge is 0.354 e. The van der Waals surface area contributed by atoms with Gasteiger partial charge in [0.05, 0.1) is 5.52 Å². The van der Waals surface area contributed by atoms with E-state index in [0.717, 1.165) is 83.6 Å². The number of carbonyl (C=O) groups is 1. The predicted octanol–water partition coefficient (Wildman–Crippen LogP) is 4.65. The van der Waals surface area contributed by atoms with Crippen LogP contribution < -0.4 is 4.90 Å². The average molecular weight is 421 g/mol. The van der Waals surface area contributed by atoms with Crippen molar-refractivity contribution in [2.24, 2.45) is 0 Å². The highest BCUT2D eigenvalue weighted by Gasteiger charge is 2.16. The standard InChI is InChI=1S/C24H28N4OS/c1-4-5-12-30-28-16-18(2)24-21(17-29)13-20(14-22(24)28)19-6-7-23(25-15-19)27-10-8-26(3)9-11-27/h4,6-7,13-17H,1,5,8-12H2,2-3H3. The Morgan fingerprint density at radius 1 is 1.17 bits per heavy atom. The van der Waals surface area contributed by atoms with Gasteiger partial charge in [0.2, 0.25) is 0 Å². The molecule has 0 aliphatic carbocycles. The number of aromatic nitrogens is 2. The molecule has 156 valence electrons. The predicted molar refractivity (Wildman–Crippen MR) is 128 cm³/mol. The molecule has 0 N–H and O–H groups in total. The Morgan fingerprint density at radius 2 is 1.97 bits per heavy atom. The lowest BCUT2D eigenvalue weighted by Crippen LogP contribution is -2.44. The number of allylic oxidation sites excluding steroid dienone is 1. The number of likely N-dealkylation sites (N-methyl/N-ethyl adjacent to an activating group) is 1. The van der Waals surface area contributed by atoms with Gasteiger partial charge in [0, 0.05) is 60.8 Å². The molecule has 5 nitrogen and oxygen atoms in total. The highest BCUT2D eigenvalue weighted by atomic mass is 32.2. The summed E-state index contributed by atoms with van der Waals surface area (Å²) in [6.45, 7) is 9.98. The first-order valence-corrected chi connectivity index (χ1v) is 11.3. The number of hydrogen-bond donors (Lipinski definition) is 0. The molecule has 1 saturated heterocycles. The fourth-order valence-corrected chi connectivity index (χ4v) is 4.93. The van der Waals surface area contributed by atoms with Crippen molar-refractivity contribution in [1.82, 2.24) is 13.9 Å². The number of aldehydes is 1. The van der Waals surface area contributed by atoms with E-state index in [9.17, 15) is 4.79 Å². The third-order valence-electron chi connectivity index (χ3n) is 5.68. The first-order chi connectivity index (χ1) is 14.6. The number of benzene rings is 1. The molecule has 0 bridgehead atoms. The Labute approximate surface area is 182 Å². The summed E-state index contributed by atoms with van der Waals surface area (Å²) < 4.78 is 2.18. The molecule has 4 rings (SSSR count). The molecule has 0 atom stereocenters. The molecular formula is C24H28N4OS. The summed E-state index contributed by atoms with van der Waals surface area (Å²) in [6.07, 6.45) is 7.88. The first-order valence-electron chi connectivity index (χ1n) is 10.4. The number of carbonyl (C=O) groups excluding carboxylic acids is 1. The highest BCUT2D eigenvalue weighted by molar-refractivity contribution is 7.97. The minimum atomic E-state index is 0.728. The van der Waals surface area contributed by atoms with Crippen molar-refractivity contribution in [3.05, 3.63) is 60.4 Å². The van der Waals surface area contributed by atoms with Crippen molar-refractivity contribution < 1.29 is 4.79 Å². The van der Waals surface area contributed by atoms with E-state index >= 15 is 0 Å². The van der Waals surface area contributed by atoms with Crippen LogP contribution in [0.15, 0.2) is 49.3 Å². The van der Waals surface area contributed by atoms with E-state index in [4.69, 9.17) is 4.98 Å². The van der Waals surface area contributed by atoms with E-state index < -0.39 is 0 Å². The quantitative estimate of drug-likeness (QED) is 0.316. The summed E-state index contributed by atoms with van der Waals surface area (Å²) in [5.74, 6) is 1.97. The summed E-state index contributed by atoms with van der Waals surface area (Å²) in [6, 6.07) is 8.35. The number of hydrogen-bond acceptors (Lipinski definition) is 5. The van der Waals surface area contributed by atoms with Crippen molar-refractivity contribution in [1.29, 1.82) is 0 Å². The van der Waals surface area contributed by atoms with Gasteiger partial charge in [0.25, 0.3) is 0 Å². The number of rotatable bonds is 7. The van der Waals surface area contributed by atoms with E-state index in [1.807, 2.05) is 18.3 Å². The van der Waals surface area contributed by atoms with Crippen LogP contribution in [0.25, 0.3) is 22.0 Å². The second-order valence-electron chi connectivity index (χ2n) is 7.82. The molecule has 6 heteroatoms. The zero-order chi connectivity index (χ0) is 21.1. The van der Waals surface area contributed by atoms with Crippen molar-refractivity contribution in [2.45, 2.75) is 13.3 Å². The van der Waals surface area contributed by atoms with Crippen LogP contribution in [0.3, 0.4) is 0 Å². The SMILES string of the molecule is C=CCCSn1cc(C)c2c(C=O)cc(-c3ccc(N4CCN(C)CC4)nc3)cc21. The zero-order valence-corrected chi connectivity index (χ0v) is 18.5. The second kappa shape index (κ2) is 9.06. The normalized spacial score (nSPS) is 14.9. The summed E-state index contributed by atoms with van der Waals surface area (Å²) in [4.78, 5) is 21.2. The van der Waals surface area contributed by atoms with Crippen LogP contribution >= 0.6 is 11.9 Å². The van der Waals surface area contributed by atoms with Gasteiger partial charge in [0.15, 0.2) is 6.29 Å². The van der Waals surface area contributed by atoms with E-state index in [0.29, 0.717) is 0 Å². The molecule has 1 aliphatic rings. The summed E-state index contributed by atoms with van der Waals surface area (Å²) in [5, 5.41) is 1.03. The molecular weight excluding hydrogens is 392 g/mol. The van der Waals surface area contributed by atoms with Crippen LogP contribution in [0.5, 0.6) is 0 Å². The smallest absolute Gasteiger partial charge is 0.150 e. The topological polar surface area (TPSA) is 41.4 Å². The van der Waals surface area contributed by atoms with Crippen LogP contribution in [0.1, 0.15) is 22.3 Å². The minimum absolute atomic E-state index is 0.728. The second-order valence-corrected chi connectivity index (χ2v) is 8.88. The molecule has 3 heterocycles. The van der Waals surface area contributed by atoms with Gasteiger partial charge in [-0.1, -0.05) is 6.08 Å². The summed E-state index contributed by atoms with van der Waals surface area (Å²) >= 11 is 1.74. The Bertz CT molecular complexity index is 1050. The third-order valence-corrected chi connectivity index (χ3v) is 6.68. The lowest BCUT2D eigenvalue weighted by molar-refractivity contribution is 0.112. The number of anilines is 1. The molecule has 1 aromatic carbocycles. The highest BCUT2D eigenvalue weighted by Crippen LogP contribution is 2.33. The molecule has 0 unspecified atom stereocenters. The molecule has 0 amide bonds. The van der Waals surface area contributed by atoms with E-state index in [2.05, 4.69) is 58.7 Å². The fraction of sp³-hybridized carbons (Fsp3) is 0.333. The summed E-state index contributed by atoms with van der Waals surface area (Å²) in [5.41, 5.74) is 4.97. The number of nitrogens with zero attached hydrogens (tertiary/aromatic N) is 4. The van der Waals surface area contributed by atoms with Crippen LogP contribution in [0.4, 0.5) is 5.82 Å². The van der Waals surface area contributed by atoms with Crippen molar-refractivity contribution in [3.63, 3.8) is 0 Å². The number of fused-ring (bicyclic) bond motifs is 1. The Hall–Kier alpha value is -2.57. The average Bonchev–Trinajstić information content (AvgIpc) is 3.09. The molecule has 0 saturated carbocycles. The number of piperazine rings is 1. The molecule has 1 aliphatic heterocycles. The van der Waals surface area contributed by atoms with Gasteiger partial charge in [-0.15, -0.1) is 6.58 Å². The maximum Gasteiger partial charge on any atom is 0.150 e. The van der Waals surface area contributed by atoms with Gasteiger partial charge >= 0.3 is 0 Å². The molecule has 30 heavy (non-hydrogen) atoms. The monoisotopic (exact) mass is 420 g/mol. The summed E-state index contributed by atoms with van der Waals surface area (Å²) in [7, 11) is 2.15. The van der Waals surface area contributed by atoms with Crippen LogP contribution in [-0.4, -0.2) is 59.1 Å². The lowest BCUT2D eigenvalue weighted by Gasteiger charge is -2.33. The van der Waals surface area contributed by atoms with Crippen LogP contribution in [-0.2, 0) is 0 Å². The molecule has 0 radical (unpaired) electrons. The van der Waals surface area contributed by atoms with Crippen LogP contribution in [0.2, 0.25) is 0 Å². The third kappa shape index (κ3) is 4.16. The minimum Gasteiger partial charge on any atom is -0.354 e. The zero-order valence-electron chi connectivity index (χ0n) is 17.7. The Kier molecular flexibility index (Phi) is 6.25. The maximum atomic E-state index is 11.9. The van der Waals surface area contributed by atoms with Crippen molar-refractivity contribution in [3.8, 4) is 11.1 Å². The molecule has 0 spiro atoms. The molecule has 2 aromatic heterocycles. The first kappa shape index (κ1) is 20.7. The van der Waals surface area contributed by atoms with Gasteiger partial charge in [-0.2, -0.15) is 0 Å². The van der Waals surface area contributed by atoms with Crippen molar-refractivity contribution in [2.75, 3.05) is 43.9 Å². The maximum absolute atomic E-state index is 11.9. The Balaban J connectivity index is 1.67. The Morgan fingerprint density at radius 3 is 2.63 bits per heavy atom. The van der Waals surface area contributed by atoms with Gasteiger partial charge in [-0.05, 0) is 67.7 Å². The molecule has 1 fully saturated rings. The van der Waals surface area contributed by atoms with Gasteiger partial charge < -0.3 is 9.80 Å². The fourth-order valence-electron chi connectivity index (χ4n) is 3.94. The van der Waals surface area contributed by atoms with Gasteiger partial charge in [-0.25, -0.2) is 4.98 Å². The van der Waals surface area contributed by atoms with E-state index in [1.54, 1.807) is 11.9 Å². The van der Waals surface area contributed by atoms with Gasteiger partial charge in [-0.3, -0.25) is 8.77 Å². The van der Waals surface area contributed by atoms with Crippen molar-refractivity contribution >= 4 is 35.0 Å². The van der Waals surface area contributed by atoms with Crippen LogP contribution in [0, 0.1) is 6.92 Å². The number of pyridine rings is 1.